The molecule has 0 saturated carbocycles. The maximum atomic E-state index is 12.7. The summed E-state index contributed by atoms with van der Waals surface area (Å²) >= 11 is 18.8. The maximum absolute atomic E-state index is 12.7. The fourth-order valence-electron chi connectivity index (χ4n) is 2.32. The van der Waals surface area contributed by atoms with E-state index in [9.17, 15) is 4.79 Å². The summed E-state index contributed by atoms with van der Waals surface area (Å²) in [5, 5.41) is 6.39. The number of amides is 1. The van der Waals surface area contributed by atoms with Gasteiger partial charge in [0.1, 0.15) is 0 Å². The van der Waals surface area contributed by atoms with Crippen molar-refractivity contribution in [2.45, 2.75) is 0 Å². The number of hydrazone groups is 1. The van der Waals surface area contributed by atoms with E-state index in [0.717, 1.165) is 11.3 Å². The number of hydrogen-bond donors (Lipinski definition) is 0. The fraction of sp³-hybridized carbons (Fsp3) is 0.105. The Morgan fingerprint density at radius 1 is 1.11 bits per heavy atom. The molecule has 27 heavy (non-hydrogen) atoms. The van der Waals surface area contributed by atoms with E-state index < -0.39 is 0 Å². The van der Waals surface area contributed by atoms with E-state index >= 15 is 0 Å². The van der Waals surface area contributed by atoms with E-state index in [2.05, 4.69) is 5.10 Å². The summed E-state index contributed by atoms with van der Waals surface area (Å²) in [7, 11) is 3.95. The zero-order valence-electron chi connectivity index (χ0n) is 14.5. The summed E-state index contributed by atoms with van der Waals surface area (Å²) in [6.45, 7) is 0. The highest BCUT2D eigenvalue weighted by atomic mass is 35.5. The van der Waals surface area contributed by atoms with E-state index in [1.54, 1.807) is 30.5 Å². The van der Waals surface area contributed by atoms with Crippen LogP contribution in [0.2, 0.25) is 10.0 Å². The molecule has 0 aromatic heterocycles. The molecule has 1 heterocycles. The SMILES string of the molecule is CN(C)c1ccc(/C=N/N2C(=O)/C(=C\c3c(Cl)cccc3Cl)SC2=S)cc1. The number of benzene rings is 2. The van der Waals surface area contributed by atoms with Gasteiger partial charge in [-0.2, -0.15) is 10.1 Å². The first-order chi connectivity index (χ1) is 12.9. The normalized spacial score (nSPS) is 16.0. The predicted octanol–water partition coefficient (Wildman–Crippen LogP) is 5.29. The molecule has 1 fully saturated rings. The van der Waals surface area contributed by atoms with Gasteiger partial charge in [-0.05, 0) is 48.1 Å². The lowest BCUT2D eigenvalue weighted by Gasteiger charge is -2.12. The number of nitrogens with zero attached hydrogens (tertiary/aromatic N) is 3. The van der Waals surface area contributed by atoms with E-state index in [1.165, 1.54) is 16.8 Å². The van der Waals surface area contributed by atoms with Gasteiger partial charge in [-0.3, -0.25) is 4.79 Å². The lowest BCUT2D eigenvalue weighted by Crippen LogP contribution is -2.22. The van der Waals surface area contributed by atoms with Crippen molar-refractivity contribution in [2.24, 2.45) is 5.10 Å². The lowest BCUT2D eigenvalue weighted by atomic mass is 10.2. The van der Waals surface area contributed by atoms with Gasteiger partial charge >= 0.3 is 0 Å². The first kappa shape index (κ1) is 19.9. The van der Waals surface area contributed by atoms with Crippen LogP contribution < -0.4 is 4.90 Å². The van der Waals surface area contributed by atoms with Crippen molar-refractivity contribution in [2.75, 3.05) is 19.0 Å². The van der Waals surface area contributed by atoms with Crippen molar-refractivity contribution >= 4 is 75.4 Å². The highest BCUT2D eigenvalue weighted by Gasteiger charge is 2.32. The van der Waals surface area contributed by atoms with Gasteiger partial charge in [0, 0.05) is 35.4 Å². The second kappa shape index (κ2) is 8.44. The molecular weight excluding hydrogens is 421 g/mol. The second-order valence-corrected chi connectivity index (χ2v) is 8.35. The summed E-state index contributed by atoms with van der Waals surface area (Å²) in [5.74, 6) is -0.304. The number of carbonyl (C=O) groups excluding carboxylic acids is 1. The van der Waals surface area contributed by atoms with Crippen LogP contribution in [0.3, 0.4) is 0 Å². The third-order valence-electron chi connectivity index (χ3n) is 3.78. The Balaban J connectivity index is 1.81. The van der Waals surface area contributed by atoms with E-state index in [-0.39, 0.29) is 5.91 Å². The lowest BCUT2D eigenvalue weighted by molar-refractivity contribution is -0.122. The molecule has 1 amide bonds. The topological polar surface area (TPSA) is 35.9 Å². The largest absolute Gasteiger partial charge is 0.378 e. The molecule has 1 saturated heterocycles. The molecular formula is C19H15Cl2N3OS2. The van der Waals surface area contributed by atoms with Crippen LogP contribution in [0, 0.1) is 0 Å². The molecule has 0 bridgehead atoms. The molecule has 0 N–H and O–H groups in total. The Kier molecular flexibility index (Phi) is 6.22. The average Bonchev–Trinajstić information content (AvgIpc) is 2.90. The van der Waals surface area contributed by atoms with Crippen molar-refractivity contribution in [3.63, 3.8) is 0 Å². The molecule has 0 radical (unpaired) electrons. The van der Waals surface area contributed by atoms with Gasteiger partial charge in [-0.1, -0.05) is 53.2 Å². The van der Waals surface area contributed by atoms with Crippen LogP contribution in [-0.2, 0) is 4.79 Å². The number of thiocarbonyl (C=S) groups is 1. The standard InChI is InChI=1S/C19H15Cl2N3OS2/c1-23(2)13-8-6-12(7-9-13)11-22-24-18(25)17(27-19(24)26)10-14-15(20)4-3-5-16(14)21/h3-11H,1-2H3/b17-10+,22-11+. The molecule has 0 atom stereocenters. The Labute approximate surface area is 177 Å². The summed E-state index contributed by atoms with van der Waals surface area (Å²) in [5.41, 5.74) is 2.54. The minimum absolute atomic E-state index is 0.304. The first-order valence-corrected chi connectivity index (χ1v) is 9.88. The number of thioether (sulfide) groups is 1. The van der Waals surface area contributed by atoms with Gasteiger partial charge < -0.3 is 4.90 Å². The van der Waals surface area contributed by atoms with Gasteiger partial charge in [-0.15, -0.1) is 0 Å². The monoisotopic (exact) mass is 435 g/mol. The number of carbonyl (C=O) groups is 1. The number of anilines is 1. The second-order valence-electron chi connectivity index (χ2n) is 5.86. The van der Waals surface area contributed by atoms with Crippen molar-refractivity contribution < 1.29 is 4.79 Å². The summed E-state index contributed by atoms with van der Waals surface area (Å²) in [6, 6.07) is 13.0. The molecule has 8 heteroatoms. The minimum Gasteiger partial charge on any atom is -0.378 e. The predicted molar refractivity (Wildman–Crippen MR) is 120 cm³/mol. The Hall–Kier alpha value is -1.86. The highest BCUT2D eigenvalue weighted by molar-refractivity contribution is 8.26. The van der Waals surface area contributed by atoms with Crippen LogP contribution >= 0.6 is 47.2 Å². The van der Waals surface area contributed by atoms with Crippen molar-refractivity contribution in [3.05, 3.63) is 68.5 Å². The van der Waals surface area contributed by atoms with Crippen molar-refractivity contribution in [1.29, 1.82) is 0 Å². The van der Waals surface area contributed by atoms with Crippen molar-refractivity contribution in [3.8, 4) is 0 Å². The van der Waals surface area contributed by atoms with Gasteiger partial charge in [-0.25, -0.2) is 0 Å². The zero-order chi connectivity index (χ0) is 19.6. The van der Waals surface area contributed by atoms with Crippen molar-refractivity contribution in [1.82, 2.24) is 5.01 Å². The number of rotatable bonds is 4. The molecule has 3 rings (SSSR count). The van der Waals surface area contributed by atoms with Crippen LogP contribution in [0.5, 0.6) is 0 Å². The van der Waals surface area contributed by atoms with Crippen LogP contribution in [0.1, 0.15) is 11.1 Å². The summed E-state index contributed by atoms with van der Waals surface area (Å²) < 4.78 is 0.357. The Morgan fingerprint density at radius 2 is 1.74 bits per heavy atom. The van der Waals surface area contributed by atoms with Crippen LogP contribution in [0.4, 0.5) is 5.69 Å². The Bertz CT molecular complexity index is 936. The molecule has 138 valence electrons. The van der Waals surface area contributed by atoms with E-state index in [0.29, 0.717) is 24.8 Å². The highest BCUT2D eigenvalue weighted by Crippen LogP contribution is 2.35. The quantitative estimate of drug-likeness (QED) is 0.371. The van der Waals surface area contributed by atoms with Crippen LogP contribution in [-0.4, -0.2) is 35.5 Å². The third-order valence-corrected chi connectivity index (χ3v) is 5.72. The first-order valence-electron chi connectivity index (χ1n) is 7.90. The average molecular weight is 436 g/mol. The molecule has 2 aromatic rings. The fourth-order valence-corrected chi connectivity index (χ4v) is 3.98. The van der Waals surface area contributed by atoms with Crippen LogP contribution in [0.25, 0.3) is 6.08 Å². The molecule has 0 spiro atoms. The zero-order valence-corrected chi connectivity index (χ0v) is 17.7. The summed E-state index contributed by atoms with van der Waals surface area (Å²) in [6.07, 6.45) is 3.25. The Morgan fingerprint density at radius 3 is 2.33 bits per heavy atom. The third kappa shape index (κ3) is 4.52. The number of halogens is 2. The van der Waals surface area contributed by atoms with Gasteiger partial charge in [0.2, 0.25) is 0 Å². The number of hydrogen-bond acceptors (Lipinski definition) is 5. The summed E-state index contributed by atoms with van der Waals surface area (Å²) in [4.78, 5) is 15.1. The molecule has 4 nitrogen and oxygen atoms in total. The van der Waals surface area contributed by atoms with E-state index in [4.69, 9.17) is 35.4 Å². The van der Waals surface area contributed by atoms with Gasteiger partial charge in [0.25, 0.3) is 5.91 Å². The molecule has 0 unspecified atom stereocenters. The molecule has 2 aromatic carbocycles. The minimum atomic E-state index is -0.304. The van der Waals surface area contributed by atoms with Gasteiger partial charge in [0.05, 0.1) is 11.1 Å². The molecule has 0 aliphatic carbocycles. The molecule has 1 aliphatic heterocycles. The smallest absolute Gasteiger partial charge is 0.286 e. The van der Waals surface area contributed by atoms with E-state index in [1.807, 2.05) is 43.3 Å². The van der Waals surface area contributed by atoms with Crippen LogP contribution in [0.15, 0.2) is 52.5 Å². The molecule has 1 aliphatic rings. The maximum Gasteiger partial charge on any atom is 0.286 e. The van der Waals surface area contributed by atoms with Gasteiger partial charge in [0.15, 0.2) is 4.32 Å².